The van der Waals surface area contributed by atoms with Gasteiger partial charge in [-0.1, -0.05) is 25.1 Å². The quantitative estimate of drug-likeness (QED) is 0.847. The number of amides is 1. The van der Waals surface area contributed by atoms with Crippen molar-refractivity contribution >= 4 is 5.91 Å². The molecule has 1 atom stereocenters. The van der Waals surface area contributed by atoms with Gasteiger partial charge in [-0.25, -0.2) is 4.98 Å². The summed E-state index contributed by atoms with van der Waals surface area (Å²) in [6.07, 6.45) is 2.26. The van der Waals surface area contributed by atoms with Crippen LogP contribution < -0.4 is 0 Å². The number of benzene rings is 1. The van der Waals surface area contributed by atoms with Gasteiger partial charge in [0.1, 0.15) is 5.76 Å². The number of oxazole rings is 1. The fourth-order valence-corrected chi connectivity index (χ4v) is 2.82. The Morgan fingerprint density at radius 3 is 2.81 bits per heavy atom. The second-order valence-electron chi connectivity index (χ2n) is 5.79. The first-order valence-electron chi connectivity index (χ1n) is 7.47. The van der Waals surface area contributed by atoms with Crippen LogP contribution in [-0.2, 0) is 0 Å². The molecular formula is C17H20N2O2. The first-order chi connectivity index (χ1) is 10.1. The second kappa shape index (κ2) is 5.72. The summed E-state index contributed by atoms with van der Waals surface area (Å²) in [5.41, 5.74) is 1.34. The predicted molar refractivity (Wildman–Crippen MR) is 81.0 cm³/mol. The first-order valence-corrected chi connectivity index (χ1v) is 7.47. The number of nitrogens with zero attached hydrogens (tertiary/aromatic N) is 2. The van der Waals surface area contributed by atoms with E-state index < -0.39 is 0 Å². The average Bonchev–Trinajstić information content (AvgIpc) is 2.89. The van der Waals surface area contributed by atoms with Gasteiger partial charge in [0.05, 0.1) is 0 Å². The molecule has 0 spiro atoms. The molecule has 1 aliphatic rings. The van der Waals surface area contributed by atoms with Crippen LogP contribution in [0.3, 0.4) is 0 Å². The van der Waals surface area contributed by atoms with Crippen LogP contribution in [0.4, 0.5) is 0 Å². The number of likely N-dealkylation sites (tertiary alicyclic amines) is 1. The topological polar surface area (TPSA) is 46.3 Å². The minimum Gasteiger partial charge on any atom is -0.441 e. The molecule has 0 aliphatic carbocycles. The SMILES string of the molecule is Cc1oc(-c2ccccc2)nc1C(=O)N1CCCC(C)C1. The number of aryl methyl sites for hydroxylation is 1. The molecule has 0 bridgehead atoms. The van der Waals surface area contributed by atoms with Gasteiger partial charge >= 0.3 is 0 Å². The van der Waals surface area contributed by atoms with Gasteiger partial charge in [-0.15, -0.1) is 0 Å². The van der Waals surface area contributed by atoms with Gasteiger partial charge < -0.3 is 9.32 Å². The van der Waals surface area contributed by atoms with E-state index in [2.05, 4.69) is 11.9 Å². The summed E-state index contributed by atoms with van der Waals surface area (Å²) in [4.78, 5) is 18.9. The number of carbonyl (C=O) groups is 1. The summed E-state index contributed by atoms with van der Waals surface area (Å²) in [6.45, 7) is 5.62. The molecule has 1 fully saturated rings. The van der Waals surface area contributed by atoms with E-state index in [0.29, 0.717) is 23.3 Å². The normalized spacial score (nSPS) is 18.8. The Labute approximate surface area is 124 Å². The Bertz CT molecular complexity index is 633. The molecule has 110 valence electrons. The van der Waals surface area contributed by atoms with Gasteiger partial charge in [-0.05, 0) is 37.8 Å². The molecule has 2 heterocycles. The van der Waals surface area contributed by atoms with Crippen LogP contribution in [-0.4, -0.2) is 28.9 Å². The number of aromatic nitrogens is 1. The van der Waals surface area contributed by atoms with E-state index in [4.69, 9.17) is 4.42 Å². The van der Waals surface area contributed by atoms with E-state index in [1.807, 2.05) is 35.2 Å². The zero-order valence-electron chi connectivity index (χ0n) is 12.5. The third-order valence-electron chi connectivity index (χ3n) is 3.96. The summed E-state index contributed by atoms with van der Waals surface area (Å²) >= 11 is 0. The highest BCUT2D eigenvalue weighted by Crippen LogP contribution is 2.24. The number of carbonyl (C=O) groups excluding carboxylic acids is 1. The highest BCUT2D eigenvalue weighted by molar-refractivity contribution is 5.93. The van der Waals surface area contributed by atoms with Crippen LogP contribution in [0.15, 0.2) is 34.7 Å². The van der Waals surface area contributed by atoms with E-state index in [0.717, 1.165) is 25.1 Å². The third-order valence-corrected chi connectivity index (χ3v) is 3.96. The van der Waals surface area contributed by atoms with Crippen molar-refractivity contribution in [3.8, 4) is 11.5 Å². The molecule has 1 saturated heterocycles. The van der Waals surface area contributed by atoms with Crippen molar-refractivity contribution in [3.63, 3.8) is 0 Å². The zero-order valence-corrected chi connectivity index (χ0v) is 12.5. The Kier molecular flexibility index (Phi) is 3.78. The van der Waals surface area contributed by atoms with Crippen LogP contribution >= 0.6 is 0 Å². The summed E-state index contributed by atoms with van der Waals surface area (Å²) in [5, 5.41) is 0. The summed E-state index contributed by atoms with van der Waals surface area (Å²) in [7, 11) is 0. The Morgan fingerprint density at radius 1 is 1.33 bits per heavy atom. The zero-order chi connectivity index (χ0) is 14.8. The molecule has 1 aromatic carbocycles. The smallest absolute Gasteiger partial charge is 0.276 e. The average molecular weight is 284 g/mol. The van der Waals surface area contributed by atoms with Gasteiger partial charge in [0.2, 0.25) is 5.89 Å². The predicted octanol–water partition coefficient (Wildman–Crippen LogP) is 3.52. The van der Waals surface area contributed by atoms with Crippen molar-refractivity contribution in [2.75, 3.05) is 13.1 Å². The van der Waals surface area contributed by atoms with E-state index >= 15 is 0 Å². The van der Waals surface area contributed by atoms with Gasteiger partial charge in [0.25, 0.3) is 5.91 Å². The maximum absolute atomic E-state index is 12.6. The van der Waals surface area contributed by atoms with Crippen molar-refractivity contribution in [2.24, 2.45) is 5.92 Å². The molecule has 2 aromatic rings. The van der Waals surface area contributed by atoms with Crippen LogP contribution in [0.5, 0.6) is 0 Å². The van der Waals surface area contributed by atoms with Gasteiger partial charge in [-0.3, -0.25) is 4.79 Å². The Balaban J connectivity index is 1.86. The van der Waals surface area contributed by atoms with E-state index in [1.54, 1.807) is 6.92 Å². The molecule has 0 saturated carbocycles. The van der Waals surface area contributed by atoms with Crippen LogP contribution in [0, 0.1) is 12.8 Å². The number of hydrogen-bond acceptors (Lipinski definition) is 3. The Hall–Kier alpha value is -2.10. The molecule has 1 aromatic heterocycles. The lowest BCUT2D eigenvalue weighted by Gasteiger charge is -2.30. The van der Waals surface area contributed by atoms with Crippen LogP contribution in [0.25, 0.3) is 11.5 Å². The molecular weight excluding hydrogens is 264 g/mol. The van der Waals surface area contributed by atoms with Crippen LogP contribution in [0.1, 0.15) is 36.0 Å². The molecule has 4 heteroatoms. The molecule has 3 rings (SSSR count). The van der Waals surface area contributed by atoms with E-state index in [1.165, 1.54) is 6.42 Å². The maximum atomic E-state index is 12.6. The number of piperidine rings is 1. The minimum absolute atomic E-state index is 0.00928. The van der Waals surface area contributed by atoms with Gasteiger partial charge in [0.15, 0.2) is 5.69 Å². The largest absolute Gasteiger partial charge is 0.441 e. The maximum Gasteiger partial charge on any atom is 0.276 e. The van der Waals surface area contributed by atoms with Crippen molar-refractivity contribution in [1.29, 1.82) is 0 Å². The van der Waals surface area contributed by atoms with E-state index in [-0.39, 0.29) is 5.91 Å². The molecule has 0 N–H and O–H groups in total. The van der Waals surface area contributed by atoms with E-state index in [9.17, 15) is 4.79 Å². The Morgan fingerprint density at radius 2 is 2.10 bits per heavy atom. The van der Waals surface area contributed by atoms with Crippen molar-refractivity contribution in [3.05, 3.63) is 41.8 Å². The lowest BCUT2D eigenvalue weighted by molar-refractivity contribution is 0.0676. The standard InChI is InChI=1S/C17H20N2O2/c1-12-7-6-10-19(11-12)17(20)15-13(2)21-16(18-15)14-8-4-3-5-9-14/h3-5,8-9,12H,6-7,10-11H2,1-2H3. The molecule has 1 aliphatic heterocycles. The minimum atomic E-state index is -0.00928. The molecule has 21 heavy (non-hydrogen) atoms. The summed E-state index contributed by atoms with van der Waals surface area (Å²) in [5.74, 6) is 1.66. The second-order valence-corrected chi connectivity index (χ2v) is 5.79. The number of rotatable bonds is 2. The molecule has 1 amide bonds. The van der Waals surface area contributed by atoms with Gasteiger partial charge in [-0.2, -0.15) is 0 Å². The summed E-state index contributed by atoms with van der Waals surface area (Å²) < 4.78 is 5.68. The van der Waals surface area contributed by atoms with Crippen LogP contribution in [0.2, 0.25) is 0 Å². The highest BCUT2D eigenvalue weighted by atomic mass is 16.4. The lowest BCUT2D eigenvalue weighted by atomic mass is 10.00. The third kappa shape index (κ3) is 2.84. The molecule has 1 unspecified atom stereocenters. The van der Waals surface area contributed by atoms with Crippen molar-refractivity contribution < 1.29 is 9.21 Å². The molecule has 0 radical (unpaired) electrons. The fourth-order valence-electron chi connectivity index (χ4n) is 2.82. The molecule has 4 nitrogen and oxygen atoms in total. The van der Waals surface area contributed by atoms with Crippen molar-refractivity contribution in [2.45, 2.75) is 26.7 Å². The summed E-state index contributed by atoms with van der Waals surface area (Å²) in [6, 6.07) is 9.68. The van der Waals surface area contributed by atoms with Gasteiger partial charge in [0, 0.05) is 18.7 Å². The van der Waals surface area contributed by atoms with Crippen molar-refractivity contribution in [1.82, 2.24) is 9.88 Å². The number of hydrogen-bond donors (Lipinski definition) is 0. The fraction of sp³-hybridized carbons (Fsp3) is 0.412. The monoisotopic (exact) mass is 284 g/mol. The lowest BCUT2D eigenvalue weighted by Crippen LogP contribution is -2.39. The highest BCUT2D eigenvalue weighted by Gasteiger charge is 2.26. The first kappa shape index (κ1) is 13.9.